The van der Waals surface area contributed by atoms with Crippen molar-refractivity contribution in [3.05, 3.63) is 93.9 Å². The van der Waals surface area contributed by atoms with Crippen molar-refractivity contribution in [2.75, 3.05) is 5.32 Å². The minimum Gasteiger partial charge on any atom is -0.321 e. The largest absolute Gasteiger partial charge is 0.321 e. The first-order chi connectivity index (χ1) is 18.2. The summed E-state index contributed by atoms with van der Waals surface area (Å²) in [6.07, 6.45) is -2.72. The third kappa shape index (κ3) is 5.02. The average Bonchev–Trinajstić information content (AvgIpc) is 3.35. The molecule has 194 valence electrons. The lowest BCUT2D eigenvalue weighted by Crippen LogP contribution is -2.20. The Morgan fingerprint density at radius 3 is 2.34 bits per heavy atom. The van der Waals surface area contributed by atoms with Gasteiger partial charge in [0.25, 0.3) is 6.43 Å². The summed E-state index contributed by atoms with van der Waals surface area (Å²) in [6, 6.07) is 18.0. The van der Waals surface area contributed by atoms with E-state index < -0.39 is 6.43 Å². The number of nitrogens with one attached hydrogen (secondary N) is 1. The molecule has 1 amide bonds. The number of alkyl halides is 2. The number of carbonyl (C=O) groups is 1. The van der Waals surface area contributed by atoms with Crippen molar-refractivity contribution in [3.8, 4) is 11.3 Å². The van der Waals surface area contributed by atoms with Gasteiger partial charge < -0.3 is 5.32 Å². The molecule has 0 atom stereocenters. The Morgan fingerprint density at radius 1 is 0.974 bits per heavy atom. The van der Waals surface area contributed by atoms with Crippen LogP contribution < -0.4 is 5.32 Å². The van der Waals surface area contributed by atoms with Crippen LogP contribution in [0.25, 0.3) is 22.3 Å². The van der Waals surface area contributed by atoms with Crippen molar-refractivity contribution in [1.82, 2.24) is 24.5 Å². The number of hydrogen-bond donors (Lipinski definition) is 1. The number of halogens is 3. The molecular weight excluding hydrogens is 510 g/mol. The molecule has 2 aromatic carbocycles. The van der Waals surface area contributed by atoms with Gasteiger partial charge in [-0.3, -0.25) is 9.48 Å². The first kappa shape index (κ1) is 25.5. The van der Waals surface area contributed by atoms with Crippen LogP contribution in [0.3, 0.4) is 0 Å². The van der Waals surface area contributed by atoms with E-state index in [1.165, 1.54) is 10.7 Å². The van der Waals surface area contributed by atoms with E-state index in [0.717, 1.165) is 11.3 Å². The Morgan fingerprint density at radius 2 is 1.66 bits per heavy atom. The molecule has 0 saturated carbocycles. The smallest absolute Gasteiger partial charge is 0.264 e. The summed E-state index contributed by atoms with van der Waals surface area (Å²) >= 11 is 5.98. The molecule has 0 aliphatic carbocycles. The number of fused-ring (bicyclic) bond motifs is 1. The standard InChI is InChI=1S/C28H25ClF2N6O/c1-16-25-22(27(30)31)13-23(20-7-5-4-6-8-20)32-28(25)37(34-16)15-24(38)33-26-17(2)35-36(18(26)3)14-19-9-11-21(29)12-10-19/h4-13,27H,14-15H2,1-3H3,(H,33,38). The second kappa shape index (κ2) is 10.3. The SMILES string of the molecule is Cc1nn(Cc2ccc(Cl)cc2)c(C)c1NC(=O)Cn1nc(C)c2c(C(F)F)cc(-c3ccccc3)nc21. The van der Waals surface area contributed by atoms with Gasteiger partial charge >= 0.3 is 0 Å². The lowest BCUT2D eigenvalue weighted by atomic mass is 10.1. The van der Waals surface area contributed by atoms with Crippen molar-refractivity contribution in [3.63, 3.8) is 0 Å². The molecule has 38 heavy (non-hydrogen) atoms. The van der Waals surface area contributed by atoms with Crippen molar-refractivity contribution >= 4 is 34.2 Å². The molecule has 5 aromatic rings. The van der Waals surface area contributed by atoms with Gasteiger partial charge in [-0.15, -0.1) is 0 Å². The van der Waals surface area contributed by atoms with Crippen LogP contribution in [-0.2, 0) is 17.9 Å². The summed E-state index contributed by atoms with van der Waals surface area (Å²) in [5, 5.41) is 12.8. The predicted octanol–water partition coefficient (Wildman–Crippen LogP) is 6.50. The summed E-state index contributed by atoms with van der Waals surface area (Å²) in [6.45, 7) is 5.66. The van der Waals surface area contributed by atoms with Crippen molar-refractivity contribution in [2.24, 2.45) is 0 Å². The van der Waals surface area contributed by atoms with Gasteiger partial charge in [0.15, 0.2) is 5.65 Å². The number of amides is 1. The van der Waals surface area contributed by atoms with Crippen LogP contribution in [-0.4, -0.2) is 30.5 Å². The average molecular weight is 535 g/mol. The van der Waals surface area contributed by atoms with Gasteiger partial charge in [-0.25, -0.2) is 18.4 Å². The Kier molecular flexibility index (Phi) is 6.94. The summed E-state index contributed by atoms with van der Waals surface area (Å²) in [5.74, 6) is -0.364. The number of pyridine rings is 1. The second-order valence-electron chi connectivity index (χ2n) is 9.08. The molecule has 0 bridgehead atoms. The van der Waals surface area contributed by atoms with E-state index in [2.05, 4.69) is 20.5 Å². The van der Waals surface area contributed by atoms with Crippen LogP contribution in [0.2, 0.25) is 5.02 Å². The van der Waals surface area contributed by atoms with E-state index in [-0.39, 0.29) is 29.0 Å². The predicted molar refractivity (Wildman–Crippen MR) is 144 cm³/mol. The highest BCUT2D eigenvalue weighted by Crippen LogP contribution is 2.33. The Hall–Kier alpha value is -4.11. The lowest BCUT2D eigenvalue weighted by molar-refractivity contribution is -0.116. The Bertz CT molecular complexity index is 1630. The number of rotatable bonds is 7. The molecular formula is C28H25ClF2N6O. The number of nitrogens with zero attached hydrogens (tertiary/aromatic N) is 5. The van der Waals surface area contributed by atoms with E-state index >= 15 is 0 Å². The topological polar surface area (TPSA) is 77.6 Å². The van der Waals surface area contributed by atoms with E-state index in [1.54, 1.807) is 19.1 Å². The maximum atomic E-state index is 14.0. The molecule has 0 saturated heterocycles. The van der Waals surface area contributed by atoms with E-state index in [0.29, 0.717) is 39.9 Å². The molecule has 0 fully saturated rings. The highest BCUT2D eigenvalue weighted by molar-refractivity contribution is 6.30. The van der Waals surface area contributed by atoms with Gasteiger partial charge in [-0.2, -0.15) is 10.2 Å². The first-order valence-electron chi connectivity index (χ1n) is 12.0. The number of aryl methyl sites for hydroxylation is 2. The van der Waals surface area contributed by atoms with Crippen molar-refractivity contribution < 1.29 is 13.6 Å². The minimum absolute atomic E-state index is 0.159. The molecule has 7 nitrogen and oxygen atoms in total. The molecule has 5 rings (SSSR count). The fraction of sp³-hybridized carbons (Fsp3) is 0.214. The summed E-state index contributed by atoms with van der Waals surface area (Å²) < 4.78 is 31.3. The number of aromatic nitrogens is 5. The molecule has 0 unspecified atom stereocenters. The fourth-order valence-electron chi connectivity index (χ4n) is 4.54. The van der Waals surface area contributed by atoms with Crippen LogP contribution in [0.15, 0.2) is 60.7 Å². The molecule has 0 spiro atoms. The third-order valence-corrected chi connectivity index (χ3v) is 6.65. The van der Waals surface area contributed by atoms with Crippen LogP contribution >= 0.6 is 11.6 Å². The van der Waals surface area contributed by atoms with Crippen LogP contribution in [0, 0.1) is 20.8 Å². The van der Waals surface area contributed by atoms with Gasteiger partial charge in [-0.1, -0.05) is 54.1 Å². The third-order valence-electron chi connectivity index (χ3n) is 6.40. The highest BCUT2D eigenvalue weighted by Gasteiger charge is 2.23. The molecule has 1 N–H and O–H groups in total. The summed E-state index contributed by atoms with van der Waals surface area (Å²) in [5.41, 5.74) is 4.63. The van der Waals surface area contributed by atoms with Crippen molar-refractivity contribution in [2.45, 2.75) is 40.3 Å². The molecule has 3 heterocycles. The normalized spacial score (nSPS) is 11.4. The zero-order valence-electron chi connectivity index (χ0n) is 21.0. The summed E-state index contributed by atoms with van der Waals surface area (Å²) in [4.78, 5) is 17.7. The molecule has 10 heteroatoms. The number of carbonyl (C=O) groups excluding carboxylic acids is 1. The van der Waals surface area contributed by atoms with E-state index in [4.69, 9.17) is 11.6 Å². The monoisotopic (exact) mass is 534 g/mol. The number of anilines is 1. The second-order valence-corrected chi connectivity index (χ2v) is 9.52. The maximum Gasteiger partial charge on any atom is 0.264 e. The van der Waals surface area contributed by atoms with Crippen LogP contribution in [0.4, 0.5) is 14.5 Å². The molecule has 0 aliphatic rings. The minimum atomic E-state index is -2.72. The summed E-state index contributed by atoms with van der Waals surface area (Å²) in [7, 11) is 0. The Labute approximate surface area is 223 Å². The zero-order valence-corrected chi connectivity index (χ0v) is 21.8. The molecule has 0 aliphatic heterocycles. The fourth-order valence-corrected chi connectivity index (χ4v) is 4.66. The number of hydrogen-bond acceptors (Lipinski definition) is 4. The van der Waals surface area contributed by atoms with Crippen LogP contribution in [0.1, 0.15) is 34.6 Å². The van der Waals surface area contributed by atoms with E-state index in [1.807, 2.05) is 61.0 Å². The lowest BCUT2D eigenvalue weighted by Gasteiger charge is -2.10. The first-order valence-corrected chi connectivity index (χ1v) is 12.4. The van der Waals surface area contributed by atoms with Gasteiger partial charge in [0.1, 0.15) is 6.54 Å². The maximum absolute atomic E-state index is 14.0. The van der Waals surface area contributed by atoms with Crippen molar-refractivity contribution in [1.29, 1.82) is 0 Å². The highest BCUT2D eigenvalue weighted by atomic mass is 35.5. The van der Waals surface area contributed by atoms with Gasteiger partial charge in [0, 0.05) is 16.1 Å². The van der Waals surface area contributed by atoms with Gasteiger partial charge in [0.05, 0.1) is 40.4 Å². The van der Waals surface area contributed by atoms with Crippen LogP contribution in [0.5, 0.6) is 0 Å². The zero-order chi connectivity index (χ0) is 27.0. The van der Waals surface area contributed by atoms with Gasteiger partial charge in [-0.05, 0) is 44.5 Å². The number of benzene rings is 2. The quantitative estimate of drug-likeness (QED) is 0.258. The molecule has 3 aromatic heterocycles. The molecule has 0 radical (unpaired) electrons. The van der Waals surface area contributed by atoms with Gasteiger partial charge in [0.2, 0.25) is 5.91 Å². The van der Waals surface area contributed by atoms with E-state index in [9.17, 15) is 13.6 Å². The Balaban J connectivity index is 1.43.